The first-order valence-corrected chi connectivity index (χ1v) is 6.76. The van der Waals surface area contributed by atoms with Crippen molar-refractivity contribution in [2.24, 2.45) is 5.92 Å². The molecule has 1 aliphatic rings. The van der Waals surface area contributed by atoms with Crippen molar-refractivity contribution >= 4 is 27.3 Å². The second-order valence-corrected chi connectivity index (χ2v) is 6.80. The van der Waals surface area contributed by atoms with Crippen LogP contribution in [0, 0.1) is 5.92 Å². The van der Waals surface area contributed by atoms with Crippen molar-refractivity contribution in [1.82, 2.24) is 5.32 Å². The van der Waals surface area contributed by atoms with Crippen molar-refractivity contribution in [1.29, 1.82) is 0 Å². The monoisotopic (exact) mass is 273 g/mol. The first-order chi connectivity index (χ1) is 6.66. The summed E-state index contributed by atoms with van der Waals surface area (Å²) < 4.78 is 1.26. The molecular formula is C11H16BrNS. The van der Waals surface area contributed by atoms with E-state index in [1.807, 2.05) is 11.3 Å². The highest BCUT2D eigenvalue weighted by atomic mass is 79.9. The van der Waals surface area contributed by atoms with Gasteiger partial charge in [-0.25, -0.2) is 0 Å². The minimum atomic E-state index is 0.617. The maximum atomic E-state index is 3.51. The second kappa shape index (κ2) is 4.33. The molecule has 1 nitrogen and oxygen atoms in total. The van der Waals surface area contributed by atoms with Crippen molar-refractivity contribution in [3.05, 3.63) is 20.8 Å². The van der Waals surface area contributed by atoms with Gasteiger partial charge in [0, 0.05) is 10.9 Å². The van der Waals surface area contributed by atoms with Gasteiger partial charge in [0.2, 0.25) is 0 Å². The summed E-state index contributed by atoms with van der Waals surface area (Å²) in [5.74, 6) is 1.71. The van der Waals surface area contributed by atoms with Gasteiger partial charge in [0.15, 0.2) is 0 Å². The predicted molar refractivity (Wildman–Crippen MR) is 66.0 cm³/mol. The van der Waals surface area contributed by atoms with Crippen LogP contribution in [0.4, 0.5) is 0 Å². The molecule has 1 aromatic heterocycles. The normalized spacial score (nSPS) is 25.7. The molecule has 2 rings (SSSR count). The van der Waals surface area contributed by atoms with E-state index in [9.17, 15) is 0 Å². The quantitative estimate of drug-likeness (QED) is 0.884. The summed E-state index contributed by atoms with van der Waals surface area (Å²) in [6, 6.07) is 5.03. The van der Waals surface area contributed by atoms with E-state index in [1.165, 1.54) is 16.8 Å². The molecule has 1 heterocycles. The van der Waals surface area contributed by atoms with Gasteiger partial charge in [0.05, 0.1) is 3.79 Å². The number of thiophene rings is 1. The van der Waals surface area contributed by atoms with E-state index in [2.05, 4.69) is 47.2 Å². The Bertz CT molecular complexity index is 308. The van der Waals surface area contributed by atoms with Gasteiger partial charge in [-0.1, -0.05) is 13.8 Å². The van der Waals surface area contributed by atoms with E-state index in [4.69, 9.17) is 0 Å². The fourth-order valence-electron chi connectivity index (χ4n) is 1.74. The summed E-state index contributed by atoms with van der Waals surface area (Å²) in [5.41, 5.74) is 0. The lowest BCUT2D eigenvalue weighted by atomic mass is 10.2. The summed E-state index contributed by atoms with van der Waals surface area (Å²) in [6.07, 6.45) is 1.37. The Hall–Kier alpha value is 0.140. The summed E-state index contributed by atoms with van der Waals surface area (Å²) in [4.78, 5) is 1.55. The van der Waals surface area contributed by atoms with Gasteiger partial charge in [0.25, 0.3) is 0 Å². The highest BCUT2D eigenvalue weighted by molar-refractivity contribution is 9.11. The predicted octanol–water partition coefficient (Wildman–Crippen LogP) is 3.61. The van der Waals surface area contributed by atoms with E-state index in [1.54, 1.807) is 4.88 Å². The van der Waals surface area contributed by atoms with E-state index in [-0.39, 0.29) is 0 Å². The van der Waals surface area contributed by atoms with Crippen molar-refractivity contribution in [3.8, 4) is 0 Å². The van der Waals surface area contributed by atoms with Gasteiger partial charge in [0.1, 0.15) is 0 Å². The molecule has 1 saturated carbocycles. The van der Waals surface area contributed by atoms with Gasteiger partial charge < -0.3 is 5.32 Å². The van der Waals surface area contributed by atoms with Crippen molar-refractivity contribution in [2.45, 2.75) is 32.2 Å². The Balaban J connectivity index is 1.81. The van der Waals surface area contributed by atoms with E-state index < -0.39 is 0 Å². The third-order valence-electron chi connectivity index (χ3n) is 2.67. The minimum absolute atomic E-state index is 0.617. The number of hydrogen-bond donors (Lipinski definition) is 1. The van der Waals surface area contributed by atoms with Crippen LogP contribution in [0.25, 0.3) is 0 Å². The zero-order valence-electron chi connectivity index (χ0n) is 8.59. The Kier molecular flexibility index (Phi) is 3.30. The van der Waals surface area contributed by atoms with Crippen LogP contribution < -0.4 is 5.32 Å². The van der Waals surface area contributed by atoms with Crippen LogP contribution in [0.15, 0.2) is 15.9 Å². The summed E-state index contributed by atoms with van der Waals surface area (Å²) in [7, 11) is 0. The second-order valence-electron chi connectivity index (χ2n) is 4.31. The third kappa shape index (κ3) is 2.59. The number of hydrogen-bond acceptors (Lipinski definition) is 2. The Labute approximate surface area is 98.0 Å². The zero-order chi connectivity index (χ0) is 10.1. The first-order valence-electron chi connectivity index (χ1n) is 5.15. The minimum Gasteiger partial charge on any atom is -0.314 e. The maximum Gasteiger partial charge on any atom is 0.0701 e. The molecule has 0 spiro atoms. The van der Waals surface area contributed by atoms with Crippen LogP contribution in [0.2, 0.25) is 0 Å². The molecule has 0 aliphatic heterocycles. The van der Waals surface area contributed by atoms with E-state index in [0.717, 1.165) is 11.8 Å². The summed E-state index contributed by atoms with van der Waals surface area (Å²) in [5, 5.41) is 3.51. The topological polar surface area (TPSA) is 12.0 Å². The first kappa shape index (κ1) is 10.7. The molecule has 2 atom stereocenters. The number of nitrogens with one attached hydrogen (secondary N) is 1. The van der Waals surface area contributed by atoms with Gasteiger partial charge in [-0.05, 0) is 52.9 Å². The lowest BCUT2D eigenvalue weighted by Crippen LogP contribution is -2.25. The van der Waals surface area contributed by atoms with Gasteiger partial charge >= 0.3 is 0 Å². The van der Waals surface area contributed by atoms with E-state index in [0.29, 0.717) is 6.04 Å². The molecule has 0 amide bonds. The average Bonchev–Trinajstić information content (AvgIpc) is 2.78. The summed E-state index contributed by atoms with van der Waals surface area (Å²) >= 11 is 5.40. The standard InChI is InChI=1S/C11H16BrNS/c1-7(2)13-6-8-5-9(8)10-3-4-11(12)14-10/h3-4,7-9,13H,5-6H2,1-2H3. The molecule has 14 heavy (non-hydrogen) atoms. The molecule has 1 N–H and O–H groups in total. The number of halogens is 1. The lowest BCUT2D eigenvalue weighted by molar-refractivity contribution is 0.555. The Morgan fingerprint density at radius 3 is 2.93 bits per heavy atom. The van der Waals surface area contributed by atoms with Gasteiger partial charge in [-0.15, -0.1) is 11.3 Å². The average molecular weight is 274 g/mol. The smallest absolute Gasteiger partial charge is 0.0701 e. The molecule has 0 aromatic carbocycles. The lowest BCUT2D eigenvalue weighted by Gasteiger charge is -2.06. The van der Waals surface area contributed by atoms with Crippen molar-refractivity contribution < 1.29 is 0 Å². The van der Waals surface area contributed by atoms with Gasteiger partial charge in [-0.2, -0.15) is 0 Å². The Morgan fingerprint density at radius 2 is 2.36 bits per heavy atom. The maximum absolute atomic E-state index is 3.51. The van der Waals surface area contributed by atoms with Crippen LogP contribution in [-0.2, 0) is 0 Å². The summed E-state index contributed by atoms with van der Waals surface area (Å²) in [6.45, 7) is 5.59. The van der Waals surface area contributed by atoms with Crippen LogP contribution in [0.1, 0.15) is 31.1 Å². The Morgan fingerprint density at radius 1 is 1.57 bits per heavy atom. The molecule has 1 aliphatic carbocycles. The molecule has 78 valence electrons. The fraction of sp³-hybridized carbons (Fsp3) is 0.636. The highest BCUT2D eigenvalue weighted by Gasteiger charge is 2.38. The molecule has 0 saturated heterocycles. The van der Waals surface area contributed by atoms with Crippen LogP contribution >= 0.6 is 27.3 Å². The zero-order valence-corrected chi connectivity index (χ0v) is 11.0. The molecule has 1 aromatic rings. The molecule has 3 heteroatoms. The van der Waals surface area contributed by atoms with Crippen LogP contribution in [0.3, 0.4) is 0 Å². The third-order valence-corrected chi connectivity index (χ3v) is 4.43. The largest absolute Gasteiger partial charge is 0.314 e. The molecule has 0 bridgehead atoms. The molecule has 2 unspecified atom stereocenters. The molecule has 1 fully saturated rings. The van der Waals surface area contributed by atoms with E-state index >= 15 is 0 Å². The highest BCUT2D eigenvalue weighted by Crippen LogP contribution is 2.49. The van der Waals surface area contributed by atoms with Gasteiger partial charge in [-0.3, -0.25) is 0 Å². The SMILES string of the molecule is CC(C)NCC1CC1c1ccc(Br)s1. The molecule has 0 radical (unpaired) electrons. The van der Waals surface area contributed by atoms with Crippen LogP contribution in [-0.4, -0.2) is 12.6 Å². The van der Waals surface area contributed by atoms with Crippen LogP contribution in [0.5, 0.6) is 0 Å². The fourth-order valence-corrected chi connectivity index (χ4v) is 3.37. The molecular weight excluding hydrogens is 258 g/mol. The number of rotatable bonds is 4. The van der Waals surface area contributed by atoms with Crippen molar-refractivity contribution in [3.63, 3.8) is 0 Å². The van der Waals surface area contributed by atoms with Crippen molar-refractivity contribution in [2.75, 3.05) is 6.54 Å².